The zero-order valence-electron chi connectivity index (χ0n) is 10.5. The SMILES string of the molecule is O=c1[nH]ccc2cc(-c3nccc(C(F)(F)F)n3)ccc12. The molecule has 3 rings (SSSR count). The van der Waals surface area contributed by atoms with Gasteiger partial charge in [-0.3, -0.25) is 4.79 Å². The van der Waals surface area contributed by atoms with E-state index in [0.717, 1.165) is 12.3 Å². The predicted octanol–water partition coefficient (Wildman–Crippen LogP) is 3.00. The number of pyridine rings is 1. The largest absolute Gasteiger partial charge is 0.433 e. The summed E-state index contributed by atoms with van der Waals surface area (Å²) in [6.45, 7) is 0. The van der Waals surface area contributed by atoms with Gasteiger partial charge >= 0.3 is 6.18 Å². The Morgan fingerprint density at radius 2 is 1.90 bits per heavy atom. The zero-order valence-corrected chi connectivity index (χ0v) is 10.5. The van der Waals surface area contributed by atoms with Crippen molar-refractivity contribution in [3.8, 4) is 11.4 Å². The molecule has 3 aromatic rings. The minimum atomic E-state index is -4.52. The Hall–Kier alpha value is -2.70. The second-order valence-corrected chi connectivity index (χ2v) is 4.37. The van der Waals surface area contributed by atoms with Gasteiger partial charge in [-0.15, -0.1) is 0 Å². The number of nitrogens with one attached hydrogen (secondary N) is 1. The van der Waals surface area contributed by atoms with Crippen LogP contribution in [0.1, 0.15) is 5.69 Å². The Morgan fingerprint density at radius 3 is 2.67 bits per heavy atom. The van der Waals surface area contributed by atoms with Gasteiger partial charge in [-0.05, 0) is 29.7 Å². The molecule has 0 fully saturated rings. The van der Waals surface area contributed by atoms with Crippen molar-refractivity contribution >= 4 is 10.8 Å². The van der Waals surface area contributed by atoms with Crippen LogP contribution < -0.4 is 5.56 Å². The van der Waals surface area contributed by atoms with E-state index in [1.165, 1.54) is 18.3 Å². The summed E-state index contributed by atoms with van der Waals surface area (Å²) in [6, 6.07) is 7.11. The molecule has 0 aliphatic rings. The number of hydrogen-bond acceptors (Lipinski definition) is 3. The number of H-pyrrole nitrogens is 1. The fraction of sp³-hybridized carbons (Fsp3) is 0.0714. The molecule has 0 unspecified atom stereocenters. The molecule has 0 atom stereocenters. The first-order valence-corrected chi connectivity index (χ1v) is 5.97. The summed E-state index contributed by atoms with van der Waals surface area (Å²) in [6.07, 6.45) is -1.99. The van der Waals surface area contributed by atoms with Gasteiger partial charge in [0.25, 0.3) is 5.56 Å². The van der Waals surface area contributed by atoms with Crippen LogP contribution in [-0.2, 0) is 6.18 Å². The number of rotatable bonds is 1. The molecule has 1 aromatic carbocycles. The van der Waals surface area contributed by atoms with Crippen LogP contribution in [0.5, 0.6) is 0 Å². The maximum atomic E-state index is 12.7. The Bertz CT molecular complexity index is 871. The van der Waals surface area contributed by atoms with Gasteiger partial charge in [-0.25, -0.2) is 9.97 Å². The van der Waals surface area contributed by atoms with Gasteiger partial charge in [-0.2, -0.15) is 13.2 Å². The highest BCUT2D eigenvalue weighted by molar-refractivity contribution is 5.85. The number of fused-ring (bicyclic) bond motifs is 1. The maximum Gasteiger partial charge on any atom is 0.433 e. The van der Waals surface area contributed by atoms with Crippen LogP contribution in [0.2, 0.25) is 0 Å². The number of halogens is 3. The van der Waals surface area contributed by atoms with Crippen LogP contribution in [0, 0.1) is 0 Å². The lowest BCUT2D eigenvalue weighted by molar-refractivity contribution is -0.141. The first kappa shape index (κ1) is 13.3. The topological polar surface area (TPSA) is 58.6 Å². The predicted molar refractivity (Wildman–Crippen MR) is 70.6 cm³/mol. The van der Waals surface area contributed by atoms with E-state index in [9.17, 15) is 18.0 Å². The van der Waals surface area contributed by atoms with Crippen molar-refractivity contribution in [2.75, 3.05) is 0 Å². The lowest BCUT2D eigenvalue weighted by atomic mass is 10.1. The van der Waals surface area contributed by atoms with Crippen LogP contribution in [-0.4, -0.2) is 15.0 Å². The van der Waals surface area contributed by atoms with Gasteiger partial charge in [0.15, 0.2) is 5.82 Å². The van der Waals surface area contributed by atoms with Crippen molar-refractivity contribution in [3.63, 3.8) is 0 Å². The second kappa shape index (κ2) is 4.69. The molecule has 0 aliphatic heterocycles. The van der Waals surface area contributed by atoms with E-state index in [0.29, 0.717) is 16.3 Å². The summed E-state index contributed by atoms with van der Waals surface area (Å²) in [4.78, 5) is 21.5. The highest BCUT2D eigenvalue weighted by Gasteiger charge is 2.32. The minimum Gasteiger partial charge on any atom is -0.329 e. The van der Waals surface area contributed by atoms with Gasteiger partial charge in [-0.1, -0.05) is 6.07 Å². The number of nitrogens with zero attached hydrogens (tertiary/aromatic N) is 2. The standard InChI is InChI=1S/C14H8F3N3O/c15-14(16,17)11-4-6-18-12(20-11)9-1-2-10-8(7-9)3-5-19-13(10)21/h1-7H,(H,19,21). The summed E-state index contributed by atoms with van der Waals surface area (Å²) >= 11 is 0. The summed E-state index contributed by atoms with van der Waals surface area (Å²) in [5.41, 5.74) is -0.846. The molecular weight excluding hydrogens is 283 g/mol. The summed E-state index contributed by atoms with van der Waals surface area (Å²) in [5.74, 6) is -0.0352. The van der Waals surface area contributed by atoms with E-state index < -0.39 is 11.9 Å². The first-order chi connectivity index (χ1) is 9.95. The van der Waals surface area contributed by atoms with E-state index in [2.05, 4.69) is 15.0 Å². The van der Waals surface area contributed by atoms with Gasteiger partial charge < -0.3 is 4.98 Å². The van der Waals surface area contributed by atoms with Crippen LogP contribution >= 0.6 is 0 Å². The second-order valence-electron chi connectivity index (χ2n) is 4.37. The van der Waals surface area contributed by atoms with Crippen molar-refractivity contribution in [2.24, 2.45) is 0 Å². The molecule has 0 saturated carbocycles. The monoisotopic (exact) mass is 291 g/mol. The Labute approximate surface area is 116 Å². The fourth-order valence-electron chi connectivity index (χ4n) is 1.99. The van der Waals surface area contributed by atoms with E-state index in [-0.39, 0.29) is 11.4 Å². The molecule has 0 bridgehead atoms. The number of aromatic nitrogens is 3. The Balaban J connectivity index is 2.15. The Morgan fingerprint density at radius 1 is 1.10 bits per heavy atom. The van der Waals surface area contributed by atoms with E-state index in [4.69, 9.17) is 0 Å². The fourth-order valence-corrected chi connectivity index (χ4v) is 1.99. The molecule has 106 valence electrons. The molecule has 0 radical (unpaired) electrons. The van der Waals surface area contributed by atoms with Crippen LogP contribution in [0.15, 0.2) is 47.5 Å². The summed E-state index contributed by atoms with van der Waals surface area (Å²) in [7, 11) is 0. The zero-order chi connectivity index (χ0) is 15.0. The van der Waals surface area contributed by atoms with Crippen molar-refractivity contribution in [3.05, 3.63) is 58.8 Å². The molecule has 0 amide bonds. The highest BCUT2D eigenvalue weighted by Crippen LogP contribution is 2.29. The Kier molecular flexibility index (Phi) is 2.97. The third-order valence-electron chi connectivity index (χ3n) is 2.98. The van der Waals surface area contributed by atoms with Gasteiger partial charge in [0, 0.05) is 23.3 Å². The lowest BCUT2D eigenvalue weighted by Crippen LogP contribution is -2.09. The molecule has 21 heavy (non-hydrogen) atoms. The number of hydrogen-bond donors (Lipinski definition) is 1. The molecule has 4 nitrogen and oxygen atoms in total. The van der Waals surface area contributed by atoms with Crippen LogP contribution in [0.4, 0.5) is 13.2 Å². The van der Waals surface area contributed by atoms with Crippen LogP contribution in [0.25, 0.3) is 22.2 Å². The molecule has 0 saturated heterocycles. The van der Waals surface area contributed by atoms with E-state index in [1.54, 1.807) is 12.1 Å². The quantitative estimate of drug-likeness (QED) is 0.749. The minimum absolute atomic E-state index is 0.0352. The molecule has 7 heteroatoms. The normalized spacial score (nSPS) is 11.8. The average Bonchev–Trinajstić information content (AvgIpc) is 2.46. The number of benzene rings is 1. The third kappa shape index (κ3) is 2.49. The smallest absolute Gasteiger partial charge is 0.329 e. The molecule has 2 heterocycles. The number of aromatic amines is 1. The van der Waals surface area contributed by atoms with Crippen molar-refractivity contribution in [1.82, 2.24) is 15.0 Å². The molecular formula is C14H8F3N3O. The molecule has 1 N–H and O–H groups in total. The van der Waals surface area contributed by atoms with Crippen LogP contribution in [0.3, 0.4) is 0 Å². The third-order valence-corrected chi connectivity index (χ3v) is 2.98. The lowest BCUT2D eigenvalue weighted by Gasteiger charge is -2.07. The van der Waals surface area contributed by atoms with E-state index in [1.807, 2.05) is 0 Å². The van der Waals surface area contributed by atoms with Gasteiger partial charge in [0.05, 0.1) is 0 Å². The van der Waals surface area contributed by atoms with Crippen molar-refractivity contribution in [1.29, 1.82) is 0 Å². The van der Waals surface area contributed by atoms with Crippen molar-refractivity contribution in [2.45, 2.75) is 6.18 Å². The summed E-state index contributed by atoms with van der Waals surface area (Å²) < 4.78 is 38.0. The molecule has 2 aromatic heterocycles. The first-order valence-electron chi connectivity index (χ1n) is 5.97. The molecule has 0 spiro atoms. The average molecular weight is 291 g/mol. The summed E-state index contributed by atoms with van der Waals surface area (Å²) in [5, 5.41) is 1.06. The maximum absolute atomic E-state index is 12.7. The van der Waals surface area contributed by atoms with Gasteiger partial charge in [0.2, 0.25) is 0 Å². The van der Waals surface area contributed by atoms with Gasteiger partial charge in [0.1, 0.15) is 5.69 Å². The van der Waals surface area contributed by atoms with Crippen molar-refractivity contribution < 1.29 is 13.2 Å². The van der Waals surface area contributed by atoms with E-state index >= 15 is 0 Å². The number of alkyl halides is 3. The molecule has 0 aliphatic carbocycles. The highest BCUT2D eigenvalue weighted by atomic mass is 19.4.